The number of benzene rings is 1. The molecule has 0 radical (unpaired) electrons. The summed E-state index contributed by atoms with van der Waals surface area (Å²) in [7, 11) is 0. The lowest BCUT2D eigenvalue weighted by molar-refractivity contribution is 0.296. The molecule has 0 atom stereocenters. The quantitative estimate of drug-likeness (QED) is 0.373. The summed E-state index contributed by atoms with van der Waals surface area (Å²) in [5, 5.41) is 15.9. The second-order valence-corrected chi connectivity index (χ2v) is 4.70. The van der Waals surface area contributed by atoms with Crippen LogP contribution >= 0.6 is 11.8 Å². The van der Waals surface area contributed by atoms with Gasteiger partial charge in [0.25, 0.3) is 0 Å². The predicted molar refractivity (Wildman–Crippen MR) is 72.0 cm³/mol. The summed E-state index contributed by atoms with van der Waals surface area (Å²) in [5.41, 5.74) is 6.05. The minimum absolute atomic E-state index is 0.0658. The van der Waals surface area contributed by atoms with E-state index in [4.69, 9.17) is 21.0 Å². The first-order valence-corrected chi connectivity index (χ1v) is 6.65. The minimum atomic E-state index is 0.0658. The molecule has 4 nitrogen and oxygen atoms in total. The van der Waals surface area contributed by atoms with Crippen LogP contribution < -0.4 is 10.5 Å². The number of nitrogens with one attached hydrogen (secondary N) is 1. The van der Waals surface area contributed by atoms with Gasteiger partial charge in [-0.15, -0.1) is 0 Å². The second-order valence-electron chi connectivity index (χ2n) is 3.48. The Balaban J connectivity index is 2.21. The van der Waals surface area contributed by atoms with Crippen LogP contribution in [0.5, 0.6) is 5.75 Å². The molecule has 94 valence electrons. The van der Waals surface area contributed by atoms with Crippen LogP contribution in [0.2, 0.25) is 0 Å². The zero-order chi connectivity index (χ0) is 12.5. The molecule has 1 rings (SSSR count). The van der Waals surface area contributed by atoms with Gasteiger partial charge in [-0.05, 0) is 36.4 Å². The van der Waals surface area contributed by atoms with E-state index in [1.807, 2.05) is 12.1 Å². The number of rotatable bonds is 8. The zero-order valence-corrected chi connectivity index (χ0v) is 10.5. The minimum Gasteiger partial charge on any atom is -0.493 e. The number of aliphatic hydroxyl groups excluding tert-OH is 1. The smallest absolute Gasteiger partial charge is 0.122 e. The Morgan fingerprint density at radius 2 is 2.00 bits per heavy atom. The molecule has 0 amide bonds. The van der Waals surface area contributed by atoms with Gasteiger partial charge < -0.3 is 15.6 Å². The Hall–Kier alpha value is -1.20. The molecule has 1 aromatic rings. The van der Waals surface area contributed by atoms with E-state index in [2.05, 4.69) is 0 Å². The second kappa shape index (κ2) is 7.97. The average Bonchev–Trinajstić information content (AvgIpc) is 2.34. The van der Waals surface area contributed by atoms with Crippen LogP contribution in [-0.2, 0) is 0 Å². The fourth-order valence-corrected chi connectivity index (χ4v) is 1.96. The lowest BCUT2D eigenvalue weighted by Gasteiger charge is -2.06. The summed E-state index contributed by atoms with van der Waals surface area (Å²) >= 11 is 1.77. The van der Waals surface area contributed by atoms with Crippen molar-refractivity contribution in [2.24, 2.45) is 5.73 Å². The average molecular weight is 254 g/mol. The van der Waals surface area contributed by atoms with Gasteiger partial charge in [0.2, 0.25) is 0 Å². The van der Waals surface area contributed by atoms with Crippen molar-refractivity contribution in [3.63, 3.8) is 0 Å². The fourth-order valence-electron chi connectivity index (χ4n) is 1.22. The van der Waals surface area contributed by atoms with Crippen LogP contribution in [-0.4, -0.2) is 35.7 Å². The highest BCUT2D eigenvalue weighted by Crippen LogP contribution is 2.12. The van der Waals surface area contributed by atoms with E-state index in [1.165, 1.54) is 0 Å². The number of ether oxygens (including phenoxy) is 1. The van der Waals surface area contributed by atoms with Gasteiger partial charge in [-0.25, -0.2) is 0 Å². The van der Waals surface area contributed by atoms with Crippen LogP contribution in [0.4, 0.5) is 0 Å². The highest BCUT2D eigenvalue weighted by Gasteiger charge is 1.97. The lowest BCUT2D eigenvalue weighted by Crippen LogP contribution is -2.10. The first kappa shape index (κ1) is 13.9. The molecule has 1 aromatic carbocycles. The van der Waals surface area contributed by atoms with E-state index in [9.17, 15) is 0 Å². The molecule has 0 aromatic heterocycles. The maximum atomic E-state index is 8.60. The third-order valence-corrected chi connectivity index (χ3v) is 3.14. The van der Waals surface area contributed by atoms with Crippen LogP contribution in [0.1, 0.15) is 12.0 Å². The summed E-state index contributed by atoms with van der Waals surface area (Å²) in [4.78, 5) is 0. The van der Waals surface area contributed by atoms with E-state index in [0.29, 0.717) is 12.2 Å². The van der Waals surface area contributed by atoms with E-state index < -0.39 is 0 Å². The summed E-state index contributed by atoms with van der Waals surface area (Å²) in [6, 6.07) is 7.18. The number of nitrogen functional groups attached to an aromatic ring is 1. The molecule has 5 heteroatoms. The number of hydrogen-bond acceptors (Lipinski definition) is 4. The first-order chi connectivity index (χ1) is 8.24. The molecule has 17 heavy (non-hydrogen) atoms. The predicted octanol–water partition coefficient (Wildman–Crippen LogP) is 1.47. The molecule has 0 unspecified atom stereocenters. The van der Waals surface area contributed by atoms with Crippen LogP contribution in [0.3, 0.4) is 0 Å². The molecular weight excluding hydrogens is 236 g/mol. The van der Waals surface area contributed by atoms with Crippen LogP contribution in [0, 0.1) is 5.41 Å². The number of thioether (sulfide) groups is 1. The molecular formula is C12H18N2O2S. The third-order valence-electron chi connectivity index (χ3n) is 2.11. The lowest BCUT2D eigenvalue weighted by atomic mass is 10.2. The van der Waals surface area contributed by atoms with Crippen molar-refractivity contribution in [2.45, 2.75) is 6.42 Å². The van der Waals surface area contributed by atoms with Gasteiger partial charge in [0, 0.05) is 17.9 Å². The highest BCUT2D eigenvalue weighted by molar-refractivity contribution is 7.99. The SMILES string of the molecule is N=C(N)c1ccc(OCCSCCCO)cc1. The van der Waals surface area contributed by atoms with Crippen molar-refractivity contribution in [2.75, 3.05) is 24.7 Å². The summed E-state index contributed by atoms with van der Waals surface area (Å²) in [5.74, 6) is 2.73. The highest BCUT2D eigenvalue weighted by atomic mass is 32.2. The number of nitrogens with two attached hydrogens (primary N) is 1. The molecule has 0 saturated heterocycles. The Labute approximate surface area is 106 Å². The van der Waals surface area contributed by atoms with E-state index >= 15 is 0 Å². The van der Waals surface area contributed by atoms with Gasteiger partial charge in [-0.1, -0.05) is 0 Å². The standard InChI is InChI=1S/C12H18N2O2S/c13-12(14)10-2-4-11(5-3-10)16-7-9-17-8-1-6-15/h2-5,15H,1,6-9H2,(H3,13,14). The van der Waals surface area contributed by atoms with Crippen molar-refractivity contribution in [1.82, 2.24) is 0 Å². The molecule has 0 aliphatic heterocycles. The van der Waals surface area contributed by atoms with Crippen LogP contribution in [0.15, 0.2) is 24.3 Å². The maximum Gasteiger partial charge on any atom is 0.122 e. The van der Waals surface area contributed by atoms with Crippen molar-refractivity contribution < 1.29 is 9.84 Å². The van der Waals surface area contributed by atoms with E-state index in [1.54, 1.807) is 23.9 Å². The van der Waals surface area contributed by atoms with Crippen molar-refractivity contribution in [3.8, 4) is 5.75 Å². The van der Waals surface area contributed by atoms with E-state index in [0.717, 1.165) is 23.7 Å². The Morgan fingerprint density at radius 1 is 1.29 bits per heavy atom. The molecule has 0 aliphatic carbocycles. The third kappa shape index (κ3) is 5.60. The number of amidine groups is 1. The summed E-state index contributed by atoms with van der Waals surface area (Å²) in [6.45, 7) is 0.899. The van der Waals surface area contributed by atoms with Gasteiger partial charge in [-0.3, -0.25) is 5.41 Å². The number of hydrogen-bond donors (Lipinski definition) is 3. The van der Waals surface area contributed by atoms with Gasteiger partial charge in [0.1, 0.15) is 11.6 Å². The normalized spacial score (nSPS) is 10.2. The molecule has 0 aliphatic rings. The molecule has 0 saturated carbocycles. The van der Waals surface area contributed by atoms with Crippen molar-refractivity contribution in [3.05, 3.63) is 29.8 Å². The molecule has 0 spiro atoms. The summed E-state index contributed by atoms with van der Waals surface area (Å²) < 4.78 is 5.53. The van der Waals surface area contributed by atoms with Gasteiger partial charge >= 0.3 is 0 Å². The summed E-state index contributed by atoms with van der Waals surface area (Å²) in [6.07, 6.45) is 0.831. The van der Waals surface area contributed by atoms with Gasteiger partial charge in [-0.2, -0.15) is 11.8 Å². The van der Waals surface area contributed by atoms with Gasteiger partial charge in [0.05, 0.1) is 6.61 Å². The zero-order valence-electron chi connectivity index (χ0n) is 9.69. The van der Waals surface area contributed by atoms with Gasteiger partial charge in [0.15, 0.2) is 0 Å². The Kier molecular flexibility index (Phi) is 6.50. The molecule has 4 N–H and O–H groups in total. The maximum absolute atomic E-state index is 8.60. The molecule has 0 bridgehead atoms. The fraction of sp³-hybridized carbons (Fsp3) is 0.417. The topological polar surface area (TPSA) is 79.3 Å². The first-order valence-electron chi connectivity index (χ1n) is 5.50. The molecule has 0 heterocycles. The largest absolute Gasteiger partial charge is 0.493 e. The van der Waals surface area contributed by atoms with Crippen LogP contribution in [0.25, 0.3) is 0 Å². The monoisotopic (exact) mass is 254 g/mol. The van der Waals surface area contributed by atoms with E-state index in [-0.39, 0.29) is 12.4 Å². The Morgan fingerprint density at radius 3 is 2.59 bits per heavy atom. The number of aliphatic hydroxyl groups is 1. The molecule has 0 fully saturated rings. The Bertz CT molecular complexity index is 341. The van der Waals surface area contributed by atoms with Crippen molar-refractivity contribution >= 4 is 17.6 Å². The van der Waals surface area contributed by atoms with Crippen molar-refractivity contribution in [1.29, 1.82) is 5.41 Å².